The number of aromatic carboxylic acids is 1. The van der Waals surface area contributed by atoms with Gasteiger partial charge in [0.15, 0.2) is 0 Å². The van der Waals surface area contributed by atoms with E-state index in [4.69, 9.17) is 9.84 Å². The van der Waals surface area contributed by atoms with Crippen molar-refractivity contribution in [1.82, 2.24) is 4.90 Å². The van der Waals surface area contributed by atoms with E-state index in [9.17, 15) is 4.79 Å². The minimum Gasteiger partial charge on any atom is -0.492 e. The average Bonchev–Trinajstić information content (AvgIpc) is 2.39. The molecule has 104 valence electrons. The first-order valence-corrected chi connectivity index (χ1v) is 7.34. The molecular formula is C14H18BrNO3. The average molecular weight is 328 g/mol. The van der Waals surface area contributed by atoms with E-state index in [0.29, 0.717) is 16.8 Å². The Morgan fingerprint density at radius 3 is 2.68 bits per heavy atom. The van der Waals surface area contributed by atoms with Crippen molar-refractivity contribution in [3.8, 4) is 5.75 Å². The fourth-order valence-electron chi connectivity index (χ4n) is 2.23. The van der Waals surface area contributed by atoms with E-state index in [0.717, 1.165) is 19.6 Å². The summed E-state index contributed by atoms with van der Waals surface area (Å²) in [6, 6.07) is 4.96. The van der Waals surface area contributed by atoms with Crippen molar-refractivity contribution in [2.75, 3.05) is 26.2 Å². The highest BCUT2D eigenvalue weighted by molar-refractivity contribution is 9.10. The first kappa shape index (κ1) is 14.3. The summed E-state index contributed by atoms with van der Waals surface area (Å²) in [4.78, 5) is 13.3. The Balaban J connectivity index is 1.82. The Hall–Kier alpha value is -1.07. The summed E-state index contributed by atoms with van der Waals surface area (Å²) in [7, 11) is 0. The van der Waals surface area contributed by atoms with Gasteiger partial charge in [-0.05, 0) is 60.1 Å². The van der Waals surface area contributed by atoms with Crippen molar-refractivity contribution in [2.24, 2.45) is 0 Å². The zero-order chi connectivity index (χ0) is 13.7. The first-order chi connectivity index (χ1) is 9.16. The van der Waals surface area contributed by atoms with Crippen molar-refractivity contribution >= 4 is 21.9 Å². The number of likely N-dealkylation sites (tertiary alicyclic amines) is 1. The van der Waals surface area contributed by atoms with Crippen LogP contribution in [0.5, 0.6) is 5.75 Å². The van der Waals surface area contributed by atoms with Gasteiger partial charge in [0, 0.05) is 11.0 Å². The lowest BCUT2D eigenvalue weighted by Crippen LogP contribution is -2.33. The van der Waals surface area contributed by atoms with Crippen LogP contribution in [0.4, 0.5) is 0 Å². The smallest absolute Gasteiger partial charge is 0.336 e. The Morgan fingerprint density at radius 1 is 1.32 bits per heavy atom. The lowest BCUT2D eigenvalue weighted by Gasteiger charge is -2.26. The van der Waals surface area contributed by atoms with Crippen molar-refractivity contribution < 1.29 is 14.6 Å². The molecule has 4 nitrogen and oxygen atoms in total. The number of benzene rings is 1. The molecule has 1 aliphatic heterocycles. The van der Waals surface area contributed by atoms with Gasteiger partial charge in [0.2, 0.25) is 0 Å². The lowest BCUT2D eigenvalue weighted by atomic mass is 10.1. The molecule has 1 aromatic carbocycles. The van der Waals surface area contributed by atoms with Gasteiger partial charge < -0.3 is 9.84 Å². The van der Waals surface area contributed by atoms with Crippen LogP contribution in [0, 0.1) is 0 Å². The van der Waals surface area contributed by atoms with Gasteiger partial charge in [-0.2, -0.15) is 0 Å². The quantitative estimate of drug-likeness (QED) is 0.903. The lowest BCUT2D eigenvalue weighted by molar-refractivity contribution is 0.0696. The summed E-state index contributed by atoms with van der Waals surface area (Å²) in [6.45, 7) is 3.88. The van der Waals surface area contributed by atoms with Crippen LogP contribution >= 0.6 is 15.9 Å². The molecule has 0 aromatic heterocycles. The Kier molecular flexibility index (Phi) is 5.22. The SMILES string of the molecule is O=C(O)c1ccc(OCCN2CCCCC2)cc1Br. The number of nitrogens with zero attached hydrogens (tertiary/aromatic N) is 1. The largest absolute Gasteiger partial charge is 0.492 e. The minimum atomic E-state index is -0.938. The summed E-state index contributed by atoms with van der Waals surface area (Å²) in [5, 5.41) is 8.93. The third-order valence-corrected chi connectivity index (χ3v) is 3.95. The zero-order valence-electron chi connectivity index (χ0n) is 10.8. The molecule has 1 heterocycles. The van der Waals surface area contributed by atoms with Gasteiger partial charge in [-0.15, -0.1) is 0 Å². The standard InChI is InChI=1S/C14H18BrNO3/c15-13-10-11(4-5-12(13)14(17)18)19-9-8-16-6-2-1-3-7-16/h4-5,10H,1-3,6-9H2,(H,17,18). The number of halogens is 1. The van der Waals surface area contributed by atoms with Gasteiger partial charge in [0.1, 0.15) is 12.4 Å². The molecule has 1 aliphatic rings. The fraction of sp³-hybridized carbons (Fsp3) is 0.500. The van der Waals surface area contributed by atoms with Crippen molar-refractivity contribution in [2.45, 2.75) is 19.3 Å². The van der Waals surface area contributed by atoms with E-state index in [2.05, 4.69) is 20.8 Å². The molecule has 0 amide bonds. The highest BCUT2D eigenvalue weighted by atomic mass is 79.9. The summed E-state index contributed by atoms with van der Waals surface area (Å²) >= 11 is 3.24. The molecular weight excluding hydrogens is 310 g/mol. The number of carbonyl (C=O) groups is 1. The number of ether oxygens (including phenoxy) is 1. The monoisotopic (exact) mass is 327 g/mol. The van der Waals surface area contributed by atoms with Gasteiger partial charge in [0.05, 0.1) is 5.56 Å². The number of piperidine rings is 1. The first-order valence-electron chi connectivity index (χ1n) is 6.55. The molecule has 0 saturated carbocycles. The number of rotatable bonds is 5. The molecule has 1 fully saturated rings. The van der Waals surface area contributed by atoms with Crippen LogP contribution < -0.4 is 4.74 Å². The second-order valence-corrected chi connectivity index (χ2v) is 5.55. The van der Waals surface area contributed by atoms with Crippen LogP contribution in [0.1, 0.15) is 29.6 Å². The predicted molar refractivity (Wildman–Crippen MR) is 76.9 cm³/mol. The molecule has 0 bridgehead atoms. The van der Waals surface area contributed by atoms with Crippen LogP contribution in [-0.4, -0.2) is 42.2 Å². The molecule has 5 heteroatoms. The summed E-state index contributed by atoms with van der Waals surface area (Å²) in [5.74, 6) is -0.236. The molecule has 0 spiro atoms. The predicted octanol–water partition coefficient (Wildman–Crippen LogP) is 3.01. The van der Waals surface area contributed by atoms with E-state index in [-0.39, 0.29) is 5.56 Å². The maximum atomic E-state index is 10.9. The number of hydrogen-bond donors (Lipinski definition) is 1. The fourth-order valence-corrected chi connectivity index (χ4v) is 2.76. The third kappa shape index (κ3) is 4.21. The normalized spacial score (nSPS) is 16.3. The second kappa shape index (κ2) is 6.91. The van der Waals surface area contributed by atoms with Crippen LogP contribution in [-0.2, 0) is 0 Å². The van der Waals surface area contributed by atoms with Crippen molar-refractivity contribution in [3.63, 3.8) is 0 Å². The van der Waals surface area contributed by atoms with E-state index < -0.39 is 5.97 Å². The molecule has 0 aliphatic carbocycles. The Morgan fingerprint density at radius 2 is 2.05 bits per heavy atom. The van der Waals surface area contributed by atoms with E-state index >= 15 is 0 Å². The molecule has 0 radical (unpaired) electrons. The minimum absolute atomic E-state index is 0.253. The molecule has 0 atom stereocenters. The maximum Gasteiger partial charge on any atom is 0.336 e. The van der Waals surface area contributed by atoms with Crippen molar-refractivity contribution in [1.29, 1.82) is 0 Å². The van der Waals surface area contributed by atoms with Gasteiger partial charge in [-0.25, -0.2) is 4.79 Å². The molecule has 1 aromatic rings. The Labute approximate surface area is 121 Å². The highest BCUT2D eigenvalue weighted by Crippen LogP contribution is 2.23. The van der Waals surface area contributed by atoms with Crippen LogP contribution in [0.3, 0.4) is 0 Å². The number of hydrogen-bond acceptors (Lipinski definition) is 3. The summed E-state index contributed by atoms with van der Waals surface area (Å²) < 4.78 is 6.21. The number of carboxylic acids is 1. The topological polar surface area (TPSA) is 49.8 Å². The molecule has 19 heavy (non-hydrogen) atoms. The Bertz CT molecular complexity index is 444. The van der Waals surface area contributed by atoms with Gasteiger partial charge in [0.25, 0.3) is 0 Å². The van der Waals surface area contributed by atoms with Gasteiger partial charge >= 0.3 is 5.97 Å². The maximum absolute atomic E-state index is 10.9. The molecule has 1 saturated heterocycles. The van der Waals surface area contributed by atoms with Crippen LogP contribution in [0.15, 0.2) is 22.7 Å². The van der Waals surface area contributed by atoms with E-state index in [1.54, 1.807) is 18.2 Å². The zero-order valence-corrected chi connectivity index (χ0v) is 12.4. The van der Waals surface area contributed by atoms with E-state index in [1.807, 2.05) is 0 Å². The summed E-state index contributed by atoms with van der Waals surface area (Å²) in [6.07, 6.45) is 3.89. The number of carboxylic acid groups (broad SMARTS) is 1. The third-order valence-electron chi connectivity index (χ3n) is 3.30. The highest BCUT2D eigenvalue weighted by Gasteiger charge is 2.11. The van der Waals surface area contributed by atoms with Gasteiger partial charge in [-0.1, -0.05) is 6.42 Å². The van der Waals surface area contributed by atoms with Gasteiger partial charge in [-0.3, -0.25) is 4.90 Å². The van der Waals surface area contributed by atoms with Crippen molar-refractivity contribution in [3.05, 3.63) is 28.2 Å². The second-order valence-electron chi connectivity index (χ2n) is 4.70. The molecule has 2 rings (SSSR count). The van der Waals surface area contributed by atoms with Crippen LogP contribution in [0.25, 0.3) is 0 Å². The molecule has 0 unspecified atom stereocenters. The van der Waals surface area contributed by atoms with E-state index in [1.165, 1.54) is 19.3 Å². The van der Waals surface area contributed by atoms with Crippen LogP contribution in [0.2, 0.25) is 0 Å². The summed E-state index contributed by atoms with van der Waals surface area (Å²) in [5.41, 5.74) is 0.253. The molecule has 1 N–H and O–H groups in total.